The van der Waals surface area contributed by atoms with Crippen molar-refractivity contribution < 1.29 is 9.53 Å². The van der Waals surface area contributed by atoms with Crippen molar-refractivity contribution >= 4 is 16.7 Å². The molecule has 1 N–H and O–H groups in total. The van der Waals surface area contributed by atoms with Gasteiger partial charge in [-0.3, -0.25) is 4.79 Å². The zero-order chi connectivity index (χ0) is 19.2. The van der Waals surface area contributed by atoms with Gasteiger partial charge in [-0.1, -0.05) is 68.4 Å². The number of ether oxygens (including phenoxy) is 1. The summed E-state index contributed by atoms with van der Waals surface area (Å²) in [5.74, 6) is 1.22. The maximum Gasteiger partial charge on any atom is 0.258 e. The van der Waals surface area contributed by atoms with Crippen molar-refractivity contribution in [1.82, 2.24) is 5.32 Å². The van der Waals surface area contributed by atoms with Crippen LogP contribution in [0.1, 0.15) is 37.9 Å². The average molecular weight is 361 g/mol. The number of carbonyl (C=O) groups is 1. The Labute approximate surface area is 161 Å². The largest absolute Gasteiger partial charge is 0.484 e. The molecule has 0 radical (unpaired) electrons. The molecule has 3 aromatic carbocycles. The van der Waals surface area contributed by atoms with E-state index in [1.807, 2.05) is 43.3 Å². The van der Waals surface area contributed by atoms with Crippen LogP contribution in [-0.4, -0.2) is 12.5 Å². The smallest absolute Gasteiger partial charge is 0.258 e. The average Bonchev–Trinajstić information content (AvgIpc) is 2.66. The van der Waals surface area contributed by atoms with Gasteiger partial charge >= 0.3 is 0 Å². The first-order valence-corrected chi connectivity index (χ1v) is 9.51. The summed E-state index contributed by atoms with van der Waals surface area (Å²) in [7, 11) is 0. The standard InChI is InChI=1S/C24H27NO2/c1-17(2)14-19-8-10-20(11-9-19)18(3)25-24(26)16-27-23-13-12-21-6-4-5-7-22(21)15-23/h4-13,15,17-18H,14,16H2,1-3H3,(H,25,26)/t18-/m0/s1. The van der Waals surface area contributed by atoms with E-state index in [1.165, 1.54) is 5.56 Å². The number of amides is 1. The van der Waals surface area contributed by atoms with Gasteiger partial charge in [-0.05, 0) is 53.3 Å². The molecule has 27 heavy (non-hydrogen) atoms. The van der Waals surface area contributed by atoms with Gasteiger partial charge in [-0.15, -0.1) is 0 Å². The summed E-state index contributed by atoms with van der Waals surface area (Å²) in [5, 5.41) is 5.26. The highest BCUT2D eigenvalue weighted by Crippen LogP contribution is 2.20. The fourth-order valence-corrected chi connectivity index (χ4v) is 3.19. The quantitative estimate of drug-likeness (QED) is 0.620. The molecular formula is C24H27NO2. The SMILES string of the molecule is CC(C)Cc1ccc([C@H](C)NC(=O)COc2ccc3ccccc3c2)cc1. The van der Waals surface area contributed by atoms with E-state index in [9.17, 15) is 4.79 Å². The first-order chi connectivity index (χ1) is 13.0. The minimum atomic E-state index is -0.123. The highest BCUT2D eigenvalue weighted by atomic mass is 16.5. The molecule has 0 aliphatic rings. The van der Waals surface area contributed by atoms with Gasteiger partial charge in [0.25, 0.3) is 5.91 Å². The molecule has 0 heterocycles. The van der Waals surface area contributed by atoms with Crippen LogP contribution in [0.15, 0.2) is 66.7 Å². The zero-order valence-electron chi connectivity index (χ0n) is 16.2. The van der Waals surface area contributed by atoms with Crippen LogP contribution in [0, 0.1) is 5.92 Å². The molecule has 3 heteroatoms. The molecule has 3 nitrogen and oxygen atoms in total. The molecule has 0 unspecified atom stereocenters. The van der Waals surface area contributed by atoms with Crippen LogP contribution in [0.2, 0.25) is 0 Å². The van der Waals surface area contributed by atoms with Gasteiger partial charge in [-0.2, -0.15) is 0 Å². The number of nitrogens with one attached hydrogen (secondary N) is 1. The van der Waals surface area contributed by atoms with Gasteiger partial charge in [0.1, 0.15) is 5.75 Å². The van der Waals surface area contributed by atoms with Gasteiger partial charge in [0, 0.05) is 0 Å². The van der Waals surface area contributed by atoms with Crippen molar-refractivity contribution in [2.45, 2.75) is 33.2 Å². The number of carbonyl (C=O) groups excluding carboxylic acids is 1. The second-order valence-corrected chi connectivity index (χ2v) is 7.43. The number of rotatable bonds is 7. The van der Waals surface area contributed by atoms with Crippen molar-refractivity contribution in [2.24, 2.45) is 5.92 Å². The van der Waals surface area contributed by atoms with Crippen LogP contribution >= 0.6 is 0 Å². The lowest BCUT2D eigenvalue weighted by Crippen LogP contribution is -2.31. The number of benzene rings is 3. The van der Waals surface area contributed by atoms with E-state index in [2.05, 4.69) is 49.5 Å². The monoisotopic (exact) mass is 361 g/mol. The molecule has 0 aliphatic heterocycles. The minimum absolute atomic E-state index is 0.00805. The van der Waals surface area contributed by atoms with Crippen LogP contribution in [0.25, 0.3) is 10.8 Å². The second kappa shape index (κ2) is 8.72. The predicted molar refractivity (Wildman–Crippen MR) is 111 cm³/mol. The van der Waals surface area contributed by atoms with E-state index in [0.29, 0.717) is 11.7 Å². The molecule has 0 saturated heterocycles. The Hall–Kier alpha value is -2.81. The molecule has 0 bridgehead atoms. The van der Waals surface area contributed by atoms with Crippen LogP contribution in [0.5, 0.6) is 5.75 Å². The van der Waals surface area contributed by atoms with Gasteiger partial charge in [0.15, 0.2) is 6.61 Å². The minimum Gasteiger partial charge on any atom is -0.484 e. The molecule has 0 aromatic heterocycles. The molecule has 3 aromatic rings. The van der Waals surface area contributed by atoms with Crippen molar-refractivity contribution in [3.8, 4) is 5.75 Å². The highest BCUT2D eigenvalue weighted by molar-refractivity contribution is 5.84. The first-order valence-electron chi connectivity index (χ1n) is 9.51. The summed E-state index contributed by atoms with van der Waals surface area (Å²) < 4.78 is 5.66. The Bertz CT molecular complexity index is 900. The van der Waals surface area contributed by atoms with E-state index >= 15 is 0 Å². The van der Waals surface area contributed by atoms with Gasteiger partial charge < -0.3 is 10.1 Å². The fraction of sp³-hybridized carbons (Fsp3) is 0.292. The van der Waals surface area contributed by atoms with E-state index in [0.717, 1.165) is 22.8 Å². The second-order valence-electron chi connectivity index (χ2n) is 7.43. The molecule has 1 atom stereocenters. The Morgan fingerprint density at radius 2 is 1.63 bits per heavy atom. The van der Waals surface area contributed by atoms with Crippen molar-refractivity contribution in [3.05, 3.63) is 77.9 Å². The van der Waals surface area contributed by atoms with Crippen molar-refractivity contribution in [2.75, 3.05) is 6.61 Å². The molecular weight excluding hydrogens is 334 g/mol. The zero-order valence-corrected chi connectivity index (χ0v) is 16.2. The predicted octanol–water partition coefficient (Wildman–Crippen LogP) is 5.29. The Morgan fingerprint density at radius 3 is 2.33 bits per heavy atom. The molecule has 0 fully saturated rings. The third-order valence-corrected chi connectivity index (χ3v) is 4.59. The molecule has 1 amide bonds. The summed E-state index contributed by atoms with van der Waals surface area (Å²) in [6.45, 7) is 6.43. The number of fused-ring (bicyclic) bond motifs is 1. The summed E-state index contributed by atoms with van der Waals surface area (Å²) >= 11 is 0. The van der Waals surface area contributed by atoms with Crippen LogP contribution in [0.4, 0.5) is 0 Å². The maximum absolute atomic E-state index is 12.2. The fourth-order valence-electron chi connectivity index (χ4n) is 3.19. The third-order valence-electron chi connectivity index (χ3n) is 4.59. The van der Waals surface area contributed by atoms with E-state index < -0.39 is 0 Å². The number of hydrogen-bond donors (Lipinski definition) is 1. The summed E-state index contributed by atoms with van der Waals surface area (Å²) in [6, 6.07) is 22.4. The lowest BCUT2D eigenvalue weighted by atomic mass is 10.00. The van der Waals surface area contributed by atoms with Gasteiger partial charge in [0.2, 0.25) is 0 Å². The third kappa shape index (κ3) is 5.33. The Balaban J connectivity index is 1.53. The van der Waals surface area contributed by atoms with Crippen LogP contribution in [0.3, 0.4) is 0 Å². The molecule has 3 rings (SSSR count). The van der Waals surface area contributed by atoms with Crippen molar-refractivity contribution in [1.29, 1.82) is 0 Å². The Morgan fingerprint density at radius 1 is 0.926 bits per heavy atom. The van der Waals surface area contributed by atoms with E-state index in [-0.39, 0.29) is 18.6 Å². The van der Waals surface area contributed by atoms with E-state index in [4.69, 9.17) is 4.74 Å². The topological polar surface area (TPSA) is 38.3 Å². The summed E-state index contributed by atoms with van der Waals surface area (Å²) in [4.78, 5) is 12.2. The first kappa shape index (κ1) is 19.0. The number of hydrogen-bond acceptors (Lipinski definition) is 2. The molecule has 140 valence electrons. The van der Waals surface area contributed by atoms with Crippen LogP contribution in [-0.2, 0) is 11.2 Å². The normalized spacial score (nSPS) is 12.1. The lowest BCUT2D eigenvalue weighted by molar-refractivity contribution is -0.123. The lowest BCUT2D eigenvalue weighted by Gasteiger charge is -2.16. The van der Waals surface area contributed by atoms with Gasteiger partial charge in [0.05, 0.1) is 6.04 Å². The van der Waals surface area contributed by atoms with Crippen LogP contribution < -0.4 is 10.1 Å². The maximum atomic E-state index is 12.2. The molecule has 0 saturated carbocycles. The molecule has 0 spiro atoms. The summed E-state index contributed by atoms with van der Waals surface area (Å²) in [5.41, 5.74) is 2.42. The summed E-state index contributed by atoms with van der Waals surface area (Å²) in [6.07, 6.45) is 1.07. The Kier molecular flexibility index (Phi) is 6.12. The van der Waals surface area contributed by atoms with Crippen molar-refractivity contribution in [3.63, 3.8) is 0 Å². The van der Waals surface area contributed by atoms with Gasteiger partial charge in [-0.25, -0.2) is 0 Å². The van der Waals surface area contributed by atoms with E-state index in [1.54, 1.807) is 0 Å². The molecule has 0 aliphatic carbocycles. The highest BCUT2D eigenvalue weighted by Gasteiger charge is 2.10.